The van der Waals surface area contributed by atoms with E-state index in [4.69, 9.17) is 10.5 Å². The van der Waals surface area contributed by atoms with Gasteiger partial charge in [0.05, 0.1) is 17.8 Å². The Morgan fingerprint density at radius 1 is 1.47 bits per heavy atom. The van der Waals surface area contributed by atoms with Gasteiger partial charge in [-0.2, -0.15) is 0 Å². The van der Waals surface area contributed by atoms with Crippen LogP contribution in [0, 0.1) is 6.92 Å². The van der Waals surface area contributed by atoms with E-state index in [0.29, 0.717) is 6.54 Å². The number of nitrogens with zero attached hydrogens (tertiary/aromatic N) is 2. The van der Waals surface area contributed by atoms with Crippen molar-refractivity contribution < 1.29 is 4.74 Å². The molecule has 1 aromatic heterocycles. The molecule has 1 fully saturated rings. The van der Waals surface area contributed by atoms with E-state index in [0.717, 1.165) is 50.5 Å². The Morgan fingerprint density at radius 2 is 2.32 bits per heavy atom. The van der Waals surface area contributed by atoms with Crippen molar-refractivity contribution >= 4 is 0 Å². The first-order valence-electron chi connectivity index (χ1n) is 7.15. The number of likely N-dealkylation sites (N-methyl/N-ethyl adjacent to an activating group) is 1. The second-order valence-electron chi connectivity index (χ2n) is 5.37. The Labute approximate surface area is 116 Å². The van der Waals surface area contributed by atoms with Gasteiger partial charge in [-0.3, -0.25) is 9.88 Å². The summed E-state index contributed by atoms with van der Waals surface area (Å²) in [5.74, 6) is 0. The first-order valence-corrected chi connectivity index (χ1v) is 7.15. The highest BCUT2D eigenvalue weighted by molar-refractivity contribution is 5.10. The van der Waals surface area contributed by atoms with E-state index < -0.39 is 0 Å². The van der Waals surface area contributed by atoms with E-state index in [9.17, 15) is 0 Å². The van der Waals surface area contributed by atoms with Gasteiger partial charge in [-0.25, -0.2) is 0 Å². The van der Waals surface area contributed by atoms with Crippen LogP contribution in [-0.4, -0.2) is 41.7 Å². The molecule has 1 unspecified atom stereocenters. The molecule has 1 saturated heterocycles. The standard InChI is InChI=1S/C15H25N3O/c1-3-18(10-14-7-4-6-13(2)17-14)15(11-16)8-5-9-19-12-15/h4,6-7H,3,5,8-12,16H2,1-2H3. The summed E-state index contributed by atoms with van der Waals surface area (Å²) in [6, 6.07) is 6.18. The van der Waals surface area contributed by atoms with Gasteiger partial charge in [0.25, 0.3) is 0 Å². The zero-order valence-corrected chi connectivity index (χ0v) is 12.1. The summed E-state index contributed by atoms with van der Waals surface area (Å²) in [6.45, 7) is 8.27. The summed E-state index contributed by atoms with van der Waals surface area (Å²) in [7, 11) is 0. The molecule has 1 aromatic rings. The number of pyridine rings is 1. The molecule has 0 radical (unpaired) electrons. The van der Waals surface area contributed by atoms with Crippen molar-refractivity contribution in [3.05, 3.63) is 29.6 Å². The SMILES string of the molecule is CCN(Cc1cccc(C)n1)C1(CN)CCCOC1. The molecule has 4 nitrogen and oxygen atoms in total. The van der Waals surface area contributed by atoms with Crippen LogP contribution < -0.4 is 5.73 Å². The summed E-state index contributed by atoms with van der Waals surface area (Å²) in [5, 5.41) is 0. The van der Waals surface area contributed by atoms with Gasteiger partial charge in [-0.05, 0) is 38.4 Å². The average molecular weight is 263 g/mol. The number of aromatic nitrogens is 1. The zero-order valence-electron chi connectivity index (χ0n) is 12.1. The Morgan fingerprint density at radius 3 is 2.89 bits per heavy atom. The van der Waals surface area contributed by atoms with E-state index in [1.54, 1.807) is 0 Å². The summed E-state index contributed by atoms with van der Waals surface area (Å²) < 4.78 is 5.68. The summed E-state index contributed by atoms with van der Waals surface area (Å²) >= 11 is 0. The van der Waals surface area contributed by atoms with Crippen LogP contribution in [0.15, 0.2) is 18.2 Å². The molecule has 1 aliphatic rings. The van der Waals surface area contributed by atoms with Gasteiger partial charge < -0.3 is 10.5 Å². The molecule has 2 N–H and O–H groups in total. The Hall–Kier alpha value is -0.970. The van der Waals surface area contributed by atoms with Crippen LogP contribution in [0.3, 0.4) is 0 Å². The van der Waals surface area contributed by atoms with Gasteiger partial charge in [0.1, 0.15) is 0 Å². The average Bonchev–Trinajstić information content (AvgIpc) is 2.45. The molecule has 0 spiro atoms. The fourth-order valence-corrected chi connectivity index (χ4v) is 2.88. The summed E-state index contributed by atoms with van der Waals surface area (Å²) in [4.78, 5) is 7.02. The predicted octanol–water partition coefficient (Wildman–Crippen LogP) is 1.72. The van der Waals surface area contributed by atoms with Gasteiger partial charge in [-0.15, -0.1) is 0 Å². The second kappa shape index (κ2) is 6.46. The molecule has 0 saturated carbocycles. The maximum atomic E-state index is 6.06. The van der Waals surface area contributed by atoms with Crippen LogP contribution in [0.25, 0.3) is 0 Å². The fourth-order valence-electron chi connectivity index (χ4n) is 2.88. The smallest absolute Gasteiger partial charge is 0.0662 e. The van der Waals surface area contributed by atoms with Crippen LogP contribution in [0.2, 0.25) is 0 Å². The number of ether oxygens (including phenoxy) is 1. The summed E-state index contributed by atoms with van der Waals surface area (Å²) in [5.41, 5.74) is 8.22. The first-order chi connectivity index (χ1) is 9.20. The van der Waals surface area contributed by atoms with Gasteiger partial charge in [0.15, 0.2) is 0 Å². The molecular formula is C15H25N3O. The molecule has 2 heterocycles. The lowest BCUT2D eigenvalue weighted by atomic mass is 9.90. The third-order valence-corrected chi connectivity index (χ3v) is 4.03. The predicted molar refractivity (Wildman–Crippen MR) is 76.9 cm³/mol. The van der Waals surface area contributed by atoms with E-state index in [1.165, 1.54) is 0 Å². The van der Waals surface area contributed by atoms with Crippen molar-refractivity contribution in [3.8, 4) is 0 Å². The third kappa shape index (κ3) is 3.32. The van der Waals surface area contributed by atoms with Gasteiger partial charge in [0.2, 0.25) is 0 Å². The molecule has 106 valence electrons. The van der Waals surface area contributed by atoms with Crippen molar-refractivity contribution in [1.29, 1.82) is 0 Å². The van der Waals surface area contributed by atoms with E-state index in [2.05, 4.69) is 28.9 Å². The molecule has 4 heteroatoms. The molecular weight excluding hydrogens is 238 g/mol. The quantitative estimate of drug-likeness (QED) is 0.879. The molecule has 1 aliphatic heterocycles. The number of hydrogen-bond donors (Lipinski definition) is 1. The maximum absolute atomic E-state index is 6.06. The van der Waals surface area contributed by atoms with Crippen molar-refractivity contribution in [2.75, 3.05) is 26.3 Å². The largest absolute Gasteiger partial charge is 0.379 e. The third-order valence-electron chi connectivity index (χ3n) is 4.03. The number of nitrogens with two attached hydrogens (primary N) is 1. The lowest BCUT2D eigenvalue weighted by molar-refractivity contribution is -0.0472. The van der Waals surface area contributed by atoms with Gasteiger partial charge in [-0.1, -0.05) is 13.0 Å². The Balaban J connectivity index is 2.14. The molecule has 1 atom stereocenters. The molecule has 0 aromatic carbocycles. The highest BCUT2D eigenvalue weighted by atomic mass is 16.5. The molecule has 0 amide bonds. The zero-order chi connectivity index (χ0) is 13.7. The van der Waals surface area contributed by atoms with Crippen LogP contribution >= 0.6 is 0 Å². The maximum Gasteiger partial charge on any atom is 0.0662 e. The lowest BCUT2D eigenvalue weighted by Crippen LogP contribution is -2.58. The van der Waals surface area contributed by atoms with Crippen molar-refractivity contribution in [2.45, 2.75) is 38.8 Å². The van der Waals surface area contributed by atoms with Crippen LogP contribution in [-0.2, 0) is 11.3 Å². The minimum Gasteiger partial charge on any atom is -0.379 e. The molecule has 2 rings (SSSR count). The normalized spacial score (nSPS) is 23.8. The molecule has 19 heavy (non-hydrogen) atoms. The van der Waals surface area contributed by atoms with Gasteiger partial charge in [0, 0.05) is 25.4 Å². The minimum absolute atomic E-state index is 0.0155. The van der Waals surface area contributed by atoms with Crippen LogP contribution in [0.1, 0.15) is 31.2 Å². The van der Waals surface area contributed by atoms with E-state index in [-0.39, 0.29) is 5.54 Å². The van der Waals surface area contributed by atoms with Crippen molar-refractivity contribution in [3.63, 3.8) is 0 Å². The highest BCUT2D eigenvalue weighted by Crippen LogP contribution is 2.26. The minimum atomic E-state index is -0.0155. The van der Waals surface area contributed by atoms with Crippen LogP contribution in [0.4, 0.5) is 0 Å². The van der Waals surface area contributed by atoms with Crippen molar-refractivity contribution in [2.24, 2.45) is 5.73 Å². The van der Waals surface area contributed by atoms with Crippen molar-refractivity contribution in [1.82, 2.24) is 9.88 Å². The number of rotatable bonds is 5. The van der Waals surface area contributed by atoms with E-state index in [1.807, 2.05) is 13.0 Å². The molecule has 0 bridgehead atoms. The van der Waals surface area contributed by atoms with E-state index >= 15 is 0 Å². The van der Waals surface area contributed by atoms with Gasteiger partial charge >= 0.3 is 0 Å². The monoisotopic (exact) mass is 263 g/mol. The Kier molecular flexibility index (Phi) is 4.91. The first kappa shape index (κ1) is 14.4. The number of aryl methyl sites for hydroxylation is 1. The Bertz CT molecular complexity index is 402. The summed E-state index contributed by atoms with van der Waals surface area (Å²) in [6.07, 6.45) is 2.21. The molecule has 0 aliphatic carbocycles. The topological polar surface area (TPSA) is 51.4 Å². The van der Waals surface area contributed by atoms with Crippen LogP contribution in [0.5, 0.6) is 0 Å². The lowest BCUT2D eigenvalue weighted by Gasteiger charge is -2.45. The highest BCUT2D eigenvalue weighted by Gasteiger charge is 2.37. The second-order valence-corrected chi connectivity index (χ2v) is 5.37. The fraction of sp³-hybridized carbons (Fsp3) is 0.667. The number of hydrogen-bond acceptors (Lipinski definition) is 4.